The number of rotatable bonds is 6. The lowest BCUT2D eigenvalue weighted by Crippen LogP contribution is -2.53. The number of aromatic nitrogens is 3. The summed E-state index contributed by atoms with van der Waals surface area (Å²) < 4.78 is 1.67. The van der Waals surface area contributed by atoms with E-state index in [1.165, 1.54) is 19.3 Å². The Morgan fingerprint density at radius 1 is 1.23 bits per heavy atom. The minimum Gasteiger partial charge on any atom is -0.349 e. The maximum atomic E-state index is 12.5. The molecule has 0 saturated heterocycles. The number of likely N-dealkylation sites (N-methyl/N-ethyl adjacent to an activating group) is 1. The summed E-state index contributed by atoms with van der Waals surface area (Å²) in [5.74, 6) is -0.167. The molecule has 1 N–H and O–H groups in total. The molecule has 0 radical (unpaired) electrons. The third-order valence-corrected chi connectivity index (χ3v) is 5.59. The smallest absolute Gasteiger partial charge is 0.273 e. The standard InChI is InChI=1S/C19H26ClN5O/c1-24(2)19(10-4-3-5-11-19)14-21-18(26)17-13-25(23-22-17)12-15-6-8-16(20)9-7-15/h6-9,13H,3-5,10-12,14H2,1-2H3,(H,21,26). The van der Waals surface area contributed by atoms with Crippen LogP contribution in [0, 0.1) is 0 Å². The van der Waals surface area contributed by atoms with Crippen molar-refractivity contribution in [3.63, 3.8) is 0 Å². The molecule has 1 aromatic carbocycles. The first kappa shape index (κ1) is 18.9. The van der Waals surface area contributed by atoms with Gasteiger partial charge in [-0.3, -0.25) is 4.79 Å². The first-order chi connectivity index (χ1) is 12.5. The highest BCUT2D eigenvalue weighted by molar-refractivity contribution is 6.30. The van der Waals surface area contributed by atoms with E-state index in [-0.39, 0.29) is 11.4 Å². The van der Waals surface area contributed by atoms with Crippen molar-refractivity contribution in [2.75, 3.05) is 20.6 Å². The van der Waals surface area contributed by atoms with Crippen molar-refractivity contribution in [2.45, 2.75) is 44.2 Å². The lowest BCUT2D eigenvalue weighted by atomic mass is 9.80. The Bertz CT molecular complexity index is 735. The van der Waals surface area contributed by atoms with E-state index in [0.717, 1.165) is 18.4 Å². The Balaban J connectivity index is 1.60. The van der Waals surface area contributed by atoms with Crippen molar-refractivity contribution in [3.8, 4) is 0 Å². The molecule has 140 valence electrons. The highest BCUT2D eigenvalue weighted by Gasteiger charge is 2.34. The zero-order chi connectivity index (χ0) is 18.6. The van der Waals surface area contributed by atoms with E-state index in [0.29, 0.717) is 23.8 Å². The van der Waals surface area contributed by atoms with E-state index < -0.39 is 0 Å². The molecule has 1 aliphatic rings. The van der Waals surface area contributed by atoms with Gasteiger partial charge in [0.05, 0.1) is 12.7 Å². The van der Waals surface area contributed by atoms with Gasteiger partial charge in [0, 0.05) is 17.1 Å². The summed E-state index contributed by atoms with van der Waals surface area (Å²) in [7, 11) is 4.19. The summed E-state index contributed by atoms with van der Waals surface area (Å²) in [6, 6.07) is 7.56. The average Bonchev–Trinajstić information content (AvgIpc) is 3.11. The topological polar surface area (TPSA) is 63.1 Å². The maximum absolute atomic E-state index is 12.5. The third kappa shape index (κ3) is 4.43. The monoisotopic (exact) mass is 375 g/mol. The van der Waals surface area contributed by atoms with E-state index in [4.69, 9.17) is 11.6 Å². The Morgan fingerprint density at radius 2 is 1.92 bits per heavy atom. The van der Waals surface area contributed by atoms with Crippen LogP contribution in [0.15, 0.2) is 30.5 Å². The molecule has 0 aliphatic heterocycles. The van der Waals surface area contributed by atoms with Gasteiger partial charge in [-0.15, -0.1) is 5.10 Å². The third-order valence-electron chi connectivity index (χ3n) is 5.34. The van der Waals surface area contributed by atoms with Crippen LogP contribution in [0.1, 0.15) is 48.2 Å². The molecule has 0 unspecified atom stereocenters. The van der Waals surface area contributed by atoms with Crippen LogP contribution < -0.4 is 5.32 Å². The number of hydrogen-bond acceptors (Lipinski definition) is 4. The minimum atomic E-state index is -0.167. The summed E-state index contributed by atoms with van der Waals surface area (Å²) in [6.07, 6.45) is 7.62. The van der Waals surface area contributed by atoms with E-state index in [2.05, 4.69) is 34.6 Å². The largest absolute Gasteiger partial charge is 0.349 e. The molecule has 1 aliphatic carbocycles. The second-order valence-electron chi connectivity index (χ2n) is 7.29. The van der Waals surface area contributed by atoms with Gasteiger partial charge in [-0.25, -0.2) is 4.68 Å². The number of carbonyl (C=O) groups excluding carboxylic acids is 1. The molecule has 0 bridgehead atoms. The van der Waals surface area contributed by atoms with Gasteiger partial charge in [0.15, 0.2) is 5.69 Å². The Morgan fingerprint density at radius 3 is 2.58 bits per heavy atom. The first-order valence-electron chi connectivity index (χ1n) is 9.09. The van der Waals surface area contributed by atoms with Gasteiger partial charge in [-0.1, -0.05) is 48.2 Å². The zero-order valence-corrected chi connectivity index (χ0v) is 16.2. The molecule has 1 aromatic heterocycles. The van der Waals surface area contributed by atoms with Crippen LogP contribution in [0.2, 0.25) is 5.02 Å². The highest BCUT2D eigenvalue weighted by Crippen LogP contribution is 2.31. The second-order valence-corrected chi connectivity index (χ2v) is 7.73. The molecule has 3 rings (SSSR count). The van der Waals surface area contributed by atoms with Gasteiger partial charge in [-0.2, -0.15) is 0 Å². The fourth-order valence-corrected chi connectivity index (χ4v) is 3.71. The van der Waals surface area contributed by atoms with Crippen LogP contribution in [-0.2, 0) is 6.54 Å². The summed E-state index contributed by atoms with van der Waals surface area (Å²) in [5.41, 5.74) is 1.46. The molecule has 2 aromatic rings. The molecule has 0 atom stereocenters. The lowest BCUT2D eigenvalue weighted by molar-refractivity contribution is 0.0796. The van der Waals surface area contributed by atoms with E-state index >= 15 is 0 Å². The summed E-state index contributed by atoms with van der Waals surface area (Å²) >= 11 is 5.90. The van der Waals surface area contributed by atoms with Crippen molar-refractivity contribution < 1.29 is 4.79 Å². The Hall–Kier alpha value is -1.92. The van der Waals surface area contributed by atoms with Gasteiger partial charge >= 0.3 is 0 Å². The summed E-state index contributed by atoms with van der Waals surface area (Å²) in [4.78, 5) is 14.8. The fourth-order valence-electron chi connectivity index (χ4n) is 3.58. The van der Waals surface area contributed by atoms with E-state index in [1.807, 2.05) is 24.3 Å². The molecule has 1 amide bonds. The quantitative estimate of drug-likeness (QED) is 0.843. The number of hydrogen-bond donors (Lipinski definition) is 1. The molecular weight excluding hydrogens is 350 g/mol. The predicted molar refractivity (Wildman–Crippen MR) is 102 cm³/mol. The van der Waals surface area contributed by atoms with Crippen LogP contribution in [0.4, 0.5) is 0 Å². The van der Waals surface area contributed by atoms with Crippen molar-refractivity contribution >= 4 is 17.5 Å². The average molecular weight is 376 g/mol. The molecule has 6 nitrogen and oxygen atoms in total. The van der Waals surface area contributed by atoms with Crippen LogP contribution in [-0.4, -0.2) is 52.0 Å². The molecule has 26 heavy (non-hydrogen) atoms. The summed E-state index contributed by atoms with van der Waals surface area (Å²) in [6.45, 7) is 1.20. The van der Waals surface area contributed by atoms with E-state index in [1.54, 1.807) is 10.9 Å². The van der Waals surface area contributed by atoms with Crippen LogP contribution >= 0.6 is 11.6 Å². The predicted octanol–water partition coefficient (Wildman–Crippen LogP) is 2.97. The molecule has 7 heteroatoms. The van der Waals surface area contributed by atoms with Crippen LogP contribution in [0.3, 0.4) is 0 Å². The number of halogens is 1. The number of amides is 1. The molecular formula is C19H26ClN5O. The normalized spacial score (nSPS) is 16.6. The maximum Gasteiger partial charge on any atom is 0.273 e. The van der Waals surface area contributed by atoms with Crippen molar-refractivity contribution in [2.24, 2.45) is 0 Å². The van der Waals surface area contributed by atoms with E-state index in [9.17, 15) is 4.79 Å². The SMILES string of the molecule is CN(C)C1(CNC(=O)c2cn(Cc3ccc(Cl)cc3)nn2)CCCCC1. The minimum absolute atomic E-state index is 0.0488. The van der Waals surface area contributed by atoms with Gasteiger partial charge in [-0.05, 0) is 44.6 Å². The number of benzene rings is 1. The molecule has 0 spiro atoms. The molecule has 1 saturated carbocycles. The molecule has 1 heterocycles. The zero-order valence-electron chi connectivity index (χ0n) is 15.4. The van der Waals surface area contributed by atoms with Crippen LogP contribution in [0.5, 0.6) is 0 Å². The van der Waals surface area contributed by atoms with Crippen molar-refractivity contribution in [3.05, 3.63) is 46.7 Å². The number of carbonyl (C=O) groups is 1. The fraction of sp³-hybridized carbons (Fsp3) is 0.526. The van der Waals surface area contributed by atoms with Crippen molar-refractivity contribution in [1.82, 2.24) is 25.2 Å². The number of nitrogens with zero attached hydrogens (tertiary/aromatic N) is 4. The molecule has 1 fully saturated rings. The van der Waals surface area contributed by atoms with Gasteiger partial charge in [0.2, 0.25) is 0 Å². The van der Waals surface area contributed by atoms with Gasteiger partial charge in [0.1, 0.15) is 0 Å². The Kier molecular flexibility index (Phi) is 5.94. The highest BCUT2D eigenvalue weighted by atomic mass is 35.5. The first-order valence-corrected chi connectivity index (χ1v) is 9.46. The van der Waals surface area contributed by atoms with Crippen molar-refractivity contribution in [1.29, 1.82) is 0 Å². The number of nitrogens with one attached hydrogen (secondary N) is 1. The lowest BCUT2D eigenvalue weighted by Gasteiger charge is -2.43. The van der Waals surface area contributed by atoms with Gasteiger partial charge in [0.25, 0.3) is 5.91 Å². The van der Waals surface area contributed by atoms with Gasteiger partial charge < -0.3 is 10.2 Å². The summed E-state index contributed by atoms with van der Waals surface area (Å²) in [5, 5.41) is 11.8. The Labute approximate surface area is 159 Å². The van der Waals surface area contributed by atoms with Crippen LogP contribution in [0.25, 0.3) is 0 Å². The second kappa shape index (κ2) is 8.18.